The third-order valence-electron chi connectivity index (χ3n) is 8.91. The molecule has 3 aliphatic heterocycles. The van der Waals surface area contributed by atoms with Crippen LogP contribution in [0, 0.1) is 11.6 Å². The lowest BCUT2D eigenvalue weighted by molar-refractivity contribution is -0.121. The van der Waals surface area contributed by atoms with Gasteiger partial charge in [-0.15, -0.1) is 0 Å². The fraction of sp³-hybridized carbons (Fsp3) is 0.567. The van der Waals surface area contributed by atoms with Crippen molar-refractivity contribution in [3.05, 3.63) is 59.0 Å². The van der Waals surface area contributed by atoms with E-state index in [1.807, 2.05) is 13.8 Å². The monoisotopic (exact) mass is 583 g/mol. The summed E-state index contributed by atoms with van der Waals surface area (Å²) in [4.78, 5) is 24.9. The lowest BCUT2D eigenvalue weighted by atomic mass is 9.90. The number of carbonyl (C=O) groups is 1. The molecule has 42 heavy (non-hydrogen) atoms. The van der Waals surface area contributed by atoms with Crippen molar-refractivity contribution in [2.24, 2.45) is 0 Å². The predicted molar refractivity (Wildman–Crippen MR) is 153 cm³/mol. The minimum absolute atomic E-state index is 0.0520. The summed E-state index contributed by atoms with van der Waals surface area (Å²) < 4.78 is 35.6. The number of ether oxygens (including phenoxy) is 1. The molecular formula is C30H39F2N7O3. The Morgan fingerprint density at radius 3 is 2.79 bits per heavy atom. The highest BCUT2D eigenvalue weighted by molar-refractivity contribution is 5.97. The summed E-state index contributed by atoms with van der Waals surface area (Å²) >= 11 is 0. The second-order valence-corrected chi connectivity index (χ2v) is 12.6. The Hall–Kier alpha value is -3.03. The van der Waals surface area contributed by atoms with Crippen molar-refractivity contribution in [2.45, 2.75) is 57.3 Å². The molecule has 4 atom stereocenters. The molecule has 6 rings (SSSR count). The van der Waals surface area contributed by atoms with Crippen LogP contribution in [0.5, 0.6) is 0 Å². The Morgan fingerprint density at radius 1 is 1.21 bits per heavy atom. The standard InChI is InChI=1S/C30H39F2N7O3/c1-18-12-37(21(11-33-18)13-36-7-8-42-15-19(36)2)14-26(40)38-16-30(3,4)28-25(38)10-23(29-34-17-35-39(28)29)27(41)22-6-5-20(31)9-24(22)32/h5-6,9-10,17-19,21,27,33,41H,7-8,11-16H2,1-4H3/t18-,19-,21-,27?/m1/s1. The molecule has 1 unspecified atom stereocenters. The topological polar surface area (TPSA) is 98.5 Å². The summed E-state index contributed by atoms with van der Waals surface area (Å²) in [6, 6.07) is 5.53. The second-order valence-electron chi connectivity index (χ2n) is 12.6. The van der Waals surface area contributed by atoms with Crippen molar-refractivity contribution < 1.29 is 23.4 Å². The van der Waals surface area contributed by atoms with Crippen molar-refractivity contribution in [1.29, 1.82) is 0 Å². The molecule has 3 aliphatic rings. The predicted octanol–water partition coefficient (Wildman–Crippen LogP) is 2.10. The minimum Gasteiger partial charge on any atom is -0.383 e. The molecule has 2 saturated heterocycles. The number of morpholine rings is 1. The maximum Gasteiger partial charge on any atom is 0.241 e. The Balaban J connectivity index is 1.32. The average molecular weight is 584 g/mol. The number of amides is 1. The fourth-order valence-electron chi connectivity index (χ4n) is 6.67. The smallest absolute Gasteiger partial charge is 0.241 e. The molecule has 1 amide bonds. The summed E-state index contributed by atoms with van der Waals surface area (Å²) in [6.45, 7) is 13.7. The number of nitrogens with one attached hydrogen (secondary N) is 1. The van der Waals surface area contributed by atoms with Gasteiger partial charge in [-0.3, -0.25) is 14.6 Å². The minimum atomic E-state index is -1.43. The van der Waals surface area contributed by atoms with Crippen LogP contribution in [0.15, 0.2) is 30.6 Å². The number of pyridine rings is 1. The molecule has 226 valence electrons. The highest BCUT2D eigenvalue weighted by Gasteiger charge is 2.43. The summed E-state index contributed by atoms with van der Waals surface area (Å²) in [7, 11) is 0. The van der Waals surface area contributed by atoms with E-state index in [4.69, 9.17) is 4.74 Å². The van der Waals surface area contributed by atoms with Gasteiger partial charge in [0.2, 0.25) is 5.91 Å². The number of halogens is 2. The second kappa shape index (κ2) is 11.2. The van der Waals surface area contributed by atoms with Crippen LogP contribution in [0.4, 0.5) is 14.5 Å². The maximum absolute atomic E-state index is 14.7. The van der Waals surface area contributed by atoms with Crippen molar-refractivity contribution in [3.8, 4) is 0 Å². The highest BCUT2D eigenvalue weighted by atomic mass is 19.1. The lowest BCUT2D eigenvalue weighted by Gasteiger charge is -2.43. The number of fused-ring (bicyclic) bond motifs is 3. The fourth-order valence-corrected chi connectivity index (χ4v) is 6.67. The number of hydrogen-bond acceptors (Lipinski definition) is 8. The molecule has 0 bridgehead atoms. The number of hydrogen-bond donors (Lipinski definition) is 2. The quantitative estimate of drug-likeness (QED) is 0.456. The van der Waals surface area contributed by atoms with Crippen LogP contribution in [-0.4, -0.2) is 106 Å². The molecule has 5 heterocycles. The van der Waals surface area contributed by atoms with Gasteiger partial charge >= 0.3 is 0 Å². The largest absolute Gasteiger partial charge is 0.383 e. The van der Waals surface area contributed by atoms with Crippen LogP contribution < -0.4 is 10.2 Å². The van der Waals surface area contributed by atoms with E-state index in [2.05, 4.69) is 39.0 Å². The first-order valence-electron chi connectivity index (χ1n) is 14.6. The molecule has 2 N–H and O–H groups in total. The van der Waals surface area contributed by atoms with E-state index in [0.29, 0.717) is 42.7 Å². The van der Waals surface area contributed by atoms with Gasteiger partial charge in [-0.05, 0) is 26.0 Å². The molecular weight excluding hydrogens is 544 g/mol. The van der Waals surface area contributed by atoms with Gasteiger partial charge in [-0.1, -0.05) is 19.9 Å². The van der Waals surface area contributed by atoms with Crippen LogP contribution in [0.3, 0.4) is 0 Å². The van der Waals surface area contributed by atoms with Gasteiger partial charge in [-0.2, -0.15) is 5.10 Å². The van der Waals surface area contributed by atoms with Crippen molar-refractivity contribution in [2.75, 3.05) is 57.4 Å². The van der Waals surface area contributed by atoms with E-state index >= 15 is 0 Å². The molecule has 0 aliphatic carbocycles. The first-order chi connectivity index (χ1) is 20.0. The van der Waals surface area contributed by atoms with Crippen molar-refractivity contribution in [1.82, 2.24) is 29.7 Å². The Labute approximate surface area is 244 Å². The van der Waals surface area contributed by atoms with Crippen LogP contribution >= 0.6 is 0 Å². The molecule has 0 radical (unpaired) electrons. The van der Waals surface area contributed by atoms with Crippen LogP contribution in [-0.2, 0) is 14.9 Å². The normalized spacial score (nSPS) is 25.6. The summed E-state index contributed by atoms with van der Waals surface area (Å²) in [6.07, 6.45) is -0.0515. The zero-order chi connectivity index (χ0) is 29.8. The number of benzene rings is 1. The third-order valence-corrected chi connectivity index (χ3v) is 8.91. The number of nitrogens with zero attached hydrogens (tertiary/aromatic N) is 6. The molecule has 2 aromatic heterocycles. The van der Waals surface area contributed by atoms with Gasteiger partial charge in [0.15, 0.2) is 5.65 Å². The van der Waals surface area contributed by atoms with Crippen molar-refractivity contribution in [3.63, 3.8) is 0 Å². The van der Waals surface area contributed by atoms with Crippen molar-refractivity contribution >= 4 is 17.2 Å². The first kappa shape index (κ1) is 29.1. The van der Waals surface area contributed by atoms with Gasteiger partial charge in [0.05, 0.1) is 31.1 Å². The number of rotatable bonds is 6. The zero-order valence-electron chi connectivity index (χ0n) is 24.6. The van der Waals surface area contributed by atoms with E-state index in [-0.39, 0.29) is 30.1 Å². The molecule has 1 aromatic carbocycles. The van der Waals surface area contributed by atoms with E-state index in [1.54, 1.807) is 15.5 Å². The number of anilines is 1. The zero-order valence-corrected chi connectivity index (χ0v) is 24.6. The third kappa shape index (κ3) is 5.30. The Morgan fingerprint density at radius 2 is 2.02 bits per heavy atom. The van der Waals surface area contributed by atoms with E-state index < -0.39 is 23.2 Å². The lowest BCUT2D eigenvalue weighted by Crippen LogP contribution is -2.62. The molecule has 12 heteroatoms. The summed E-state index contributed by atoms with van der Waals surface area (Å²) in [5, 5.41) is 19.3. The summed E-state index contributed by atoms with van der Waals surface area (Å²) in [5.74, 6) is -1.64. The van der Waals surface area contributed by atoms with Crippen LogP contribution in [0.2, 0.25) is 0 Å². The van der Waals surface area contributed by atoms with Crippen LogP contribution in [0.1, 0.15) is 50.6 Å². The molecule has 2 fully saturated rings. The van der Waals surface area contributed by atoms with Gasteiger partial charge in [0.25, 0.3) is 0 Å². The van der Waals surface area contributed by atoms with Gasteiger partial charge in [0, 0.05) is 73.5 Å². The highest BCUT2D eigenvalue weighted by Crippen LogP contribution is 2.43. The maximum atomic E-state index is 14.7. The summed E-state index contributed by atoms with van der Waals surface area (Å²) in [5.41, 5.74) is 1.53. The molecule has 0 spiro atoms. The van der Waals surface area contributed by atoms with Crippen LogP contribution in [0.25, 0.3) is 5.65 Å². The first-order valence-corrected chi connectivity index (χ1v) is 14.6. The Kier molecular flexibility index (Phi) is 7.77. The number of aromatic nitrogens is 3. The van der Waals surface area contributed by atoms with Gasteiger partial charge < -0.3 is 20.1 Å². The number of aliphatic hydroxyl groups excluding tert-OH is 1. The SMILES string of the molecule is C[C@@H]1CN(CC(=O)N2CC(C)(C)c3c2cc(C(O)c2ccc(F)cc2F)c2ncnn32)[C@@H](CN2CCOC[C@H]2C)CN1. The van der Waals surface area contributed by atoms with E-state index in [9.17, 15) is 18.7 Å². The molecule has 0 saturated carbocycles. The van der Waals surface area contributed by atoms with E-state index in [1.165, 1.54) is 12.4 Å². The number of carbonyl (C=O) groups excluding carboxylic acids is 1. The number of aliphatic hydroxyl groups is 1. The number of piperazine rings is 1. The molecule has 10 nitrogen and oxygen atoms in total. The molecule has 3 aromatic rings. The Bertz CT molecular complexity index is 1480. The van der Waals surface area contributed by atoms with Gasteiger partial charge in [-0.25, -0.2) is 18.3 Å². The average Bonchev–Trinajstić information content (AvgIpc) is 3.52. The van der Waals surface area contributed by atoms with Gasteiger partial charge in [0.1, 0.15) is 24.1 Å². The van der Waals surface area contributed by atoms with E-state index in [0.717, 1.165) is 44.0 Å².